The lowest BCUT2D eigenvalue weighted by Crippen LogP contribution is -2.13. The van der Waals surface area contributed by atoms with Gasteiger partial charge in [0.05, 0.1) is 0 Å². The number of hydrogen-bond acceptors (Lipinski definition) is 1. The van der Waals surface area contributed by atoms with E-state index in [0.29, 0.717) is 12.3 Å². The van der Waals surface area contributed by atoms with Crippen molar-refractivity contribution in [3.05, 3.63) is 35.4 Å². The molecule has 2 fully saturated rings. The van der Waals surface area contributed by atoms with E-state index in [4.69, 9.17) is 0 Å². The monoisotopic (exact) mass is 201 g/mol. The van der Waals surface area contributed by atoms with Crippen LogP contribution in [0.1, 0.15) is 42.2 Å². The van der Waals surface area contributed by atoms with E-state index in [2.05, 4.69) is 29.6 Å². The minimum Gasteiger partial charge on any atom is -0.355 e. The molecule has 1 saturated heterocycles. The van der Waals surface area contributed by atoms with Crippen LogP contribution in [0.25, 0.3) is 0 Å². The van der Waals surface area contributed by atoms with Gasteiger partial charge < -0.3 is 5.32 Å². The molecule has 1 aliphatic carbocycles. The number of carbonyl (C=O) groups excluding carboxylic acids is 1. The molecule has 1 aromatic rings. The van der Waals surface area contributed by atoms with Crippen LogP contribution < -0.4 is 5.32 Å². The highest BCUT2D eigenvalue weighted by molar-refractivity contribution is 5.79. The van der Waals surface area contributed by atoms with Crippen LogP contribution in [0.5, 0.6) is 0 Å². The number of nitrogens with one attached hydrogen (secondary N) is 1. The lowest BCUT2D eigenvalue weighted by atomic mass is 9.91. The highest BCUT2D eigenvalue weighted by Crippen LogP contribution is 2.43. The Morgan fingerprint density at radius 1 is 1.07 bits per heavy atom. The van der Waals surface area contributed by atoms with Crippen LogP contribution in [0.3, 0.4) is 0 Å². The van der Waals surface area contributed by atoms with Crippen LogP contribution >= 0.6 is 0 Å². The zero-order valence-corrected chi connectivity index (χ0v) is 8.70. The number of amides is 1. The van der Waals surface area contributed by atoms with Crippen molar-refractivity contribution in [2.45, 2.75) is 31.1 Å². The molecule has 0 aromatic heterocycles. The maximum Gasteiger partial charge on any atom is 0.220 e. The molecular weight excluding hydrogens is 186 g/mol. The predicted molar refractivity (Wildman–Crippen MR) is 58.8 cm³/mol. The molecule has 1 atom stereocenters. The summed E-state index contributed by atoms with van der Waals surface area (Å²) in [5, 5.41) is 2.92. The van der Waals surface area contributed by atoms with Crippen molar-refractivity contribution in [1.82, 2.24) is 5.32 Å². The first kappa shape index (κ1) is 8.96. The van der Waals surface area contributed by atoms with Crippen molar-refractivity contribution in [2.75, 3.05) is 6.54 Å². The lowest BCUT2D eigenvalue weighted by molar-refractivity contribution is -0.119. The van der Waals surface area contributed by atoms with Gasteiger partial charge in [0.25, 0.3) is 0 Å². The van der Waals surface area contributed by atoms with Gasteiger partial charge in [0.1, 0.15) is 0 Å². The molecule has 0 spiro atoms. The molecule has 15 heavy (non-hydrogen) atoms. The fourth-order valence-corrected chi connectivity index (χ4v) is 2.47. The maximum atomic E-state index is 11.2. The molecule has 0 bridgehead atoms. The molecule has 78 valence electrons. The zero-order valence-electron chi connectivity index (χ0n) is 8.70. The summed E-state index contributed by atoms with van der Waals surface area (Å²) in [6.07, 6.45) is 3.32. The topological polar surface area (TPSA) is 29.1 Å². The van der Waals surface area contributed by atoms with E-state index in [-0.39, 0.29) is 5.91 Å². The second-order valence-corrected chi connectivity index (χ2v) is 4.61. The van der Waals surface area contributed by atoms with Crippen LogP contribution in [-0.2, 0) is 4.79 Å². The minimum absolute atomic E-state index is 0.200. The zero-order chi connectivity index (χ0) is 10.3. The van der Waals surface area contributed by atoms with Gasteiger partial charge in [-0.3, -0.25) is 4.79 Å². The first-order valence-electron chi connectivity index (χ1n) is 5.70. The van der Waals surface area contributed by atoms with Gasteiger partial charge in [-0.25, -0.2) is 0 Å². The molecule has 1 unspecified atom stereocenters. The third kappa shape index (κ3) is 1.65. The molecule has 2 nitrogen and oxygen atoms in total. The molecular formula is C13H15NO. The standard InChI is InChI=1S/C13H15NO/c15-13-7-10(8-14-13)12-4-2-1-3-11(12)9-5-6-9/h1-4,9-10H,5-8H2,(H,14,15). The van der Waals surface area contributed by atoms with Crippen LogP contribution in [0.2, 0.25) is 0 Å². The van der Waals surface area contributed by atoms with Crippen LogP contribution in [0.4, 0.5) is 0 Å². The van der Waals surface area contributed by atoms with Crippen molar-refractivity contribution < 1.29 is 4.79 Å². The number of hydrogen-bond donors (Lipinski definition) is 1. The average Bonchev–Trinajstić information content (AvgIpc) is 3.02. The summed E-state index contributed by atoms with van der Waals surface area (Å²) >= 11 is 0. The smallest absolute Gasteiger partial charge is 0.220 e. The lowest BCUT2D eigenvalue weighted by Gasteiger charge is -2.13. The Morgan fingerprint density at radius 2 is 1.73 bits per heavy atom. The van der Waals surface area contributed by atoms with E-state index in [1.165, 1.54) is 24.0 Å². The van der Waals surface area contributed by atoms with Crippen molar-refractivity contribution in [3.8, 4) is 0 Å². The van der Waals surface area contributed by atoms with Crippen molar-refractivity contribution in [1.29, 1.82) is 0 Å². The van der Waals surface area contributed by atoms with Gasteiger partial charge in [0, 0.05) is 18.9 Å². The summed E-state index contributed by atoms with van der Waals surface area (Å²) in [7, 11) is 0. The SMILES string of the molecule is O=C1CC(c2ccccc2C2CC2)CN1. The summed E-state index contributed by atoms with van der Waals surface area (Å²) in [6, 6.07) is 8.62. The Morgan fingerprint density at radius 3 is 2.27 bits per heavy atom. The predicted octanol–water partition coefficient (Wildman–Crippen LogP) is 2.17. The quantitative estimate of drug-likeness (QED) is 0.780. The Balaban J connectivity index is 1.92. The summed E-state index contributed by atoms with van der Waals surface area (Å²) in [5.41, 5.74) is 2.89. The van der Waals surface area contributed by atoms with E-state index in [9.17, 15) is 4.79 Å². The van der Waals surface area contributed by atoms with Gasteiger partial charge in [-0.05, 0) is 29.9 Å². The minimum atomic E-state index is 0.200. The second-order valence-electron chi connectivity index (χ2n) is 4.61. The maximum absolute atomic E-state index is 11.2. The van der Waals surface area contributed by atoms with E-state index in [0.717, 1.165) is 12.5 Å². The highest BCUT2D eigenvalue weighted by atomic mass is 16.1. The molecule has 1 aliphatic heterocycles. The Labute approximate surface area is 89.7 Å². The van der Waals surface area contributed by atoms with Crippen molar-refractivity contribution >= 4 is 5.91 Å². The largest absolute Gasteiger partial charge is 0.355 e. The summed E-state index contributed by atoms with van der Waals surface area (Å²) in [5.74, 6) is 1.39. The van der Waals surface area contributed by atoms with Crippen LogP contribution in [-0.4, -0.2) is 12.5 Å². The third-order valence-electron chi connectivity index (χ3n) is 3.43. The molecule has 1 amide bonds. The van der Waals surface area contributed by atoms with Crippen molar-refractivity contribution in [2.24, 2.45) is 0 Å². The van der Waals surface area contributed by atoms with Crippen molar-refractivity contribution in [3.63, 3.8) is 0 Å². The number of rotatable bonds is 2. The van der Waals surface area contributed by atoms with Gasteiger partial charge in [0.2, 0.25) is 5.91 Å². The fourth-order valence-electron chi connectivity index (χ4n) is 2.47. The van der Waals surface area contributed by atoms with Gasteiger partial charge >= 0.3 is 0 Å². The third-order valence-corrected chi connectivity index (χ3v) is 3.43. The normalized spacial score (nSPS) is 25.3. The number of carbonyl (C=O) groups is 1. The molecule has 1 N–H and O–H groups in total. The summed E-state index contributed by atoms with van der Waals surface area (Å²) in [6.45, 7) is 0.822. The molecule has 1 aromatic carbocycles. The summed E-state index contributed by atoms with van der Waals surface area (Å²) in [4.78, 5) is 11.2. The van der Waals surface area contributed by atoms with Gasteiger partial charge in [-0.2, -0.15) is 0 Å². The molecule has 0 radical (unpaired) electrons. The van der Waals surface area contributed by atoms with Crippen LogP contribution in [0, 0.1) is 0 Å². The highest BCUT2D eigenvalue weighted by Gasteiger charge is 2.30. The second kappa shape index (κ2) is 3.37. The molecule has 3 rings (SSSR count). The molecule has 2 heteroatoms. The number of benzene rings is 1. The first-order valence-corrected chi connectivity index (χ1v) is 5.70. The molecule has 1 heterocycles. The van der Waals surface area contributed by atoms with E-state index >= 15 is 0 Å². The Bertz CT molecular complexity index is 395. The summed E-state index contributed by atoms with van der Waals surface area (Å²) < 4.78 is 0. The van der Waals surface area contributed by atoms with Crippen LogP contribution in [0.15, 0.2) is 24.3 Å². The van der Waals surface area contributed by atoms with E-state index in [1.807, 2.05) is 0 Å². The van der Waals surface area contributed by atoms with E-state index in [1.54, 1.807) is 0 Å². The Kier molecular flexibility index (Phi) is 2.01. The fraction of sp³-hybridized carbons (Fsp3) is 0.462. The first-order chi connectivity index (χ1) is 7.34. The average molecular weight is 201 g/mol. The molecule has 1 saturated carbocycles. The van der Waals surface area contributed by atoms with Gasteiger partial charge in [0.15, 0.2) is 0 Å². The van der Waals surface area contributed by atoms with Gasteiger partial charge in [-0.1, -0.05) is 24.3 Å². The molecule has 2 aliphatic rings. The van der Waals surface area contributed by atoms with Gasteiger partial charge in [-0.15, -0.1) is 0 Å². The Hall–Kier alpha value is -1.31. The van der Waals surface area contributed by atoms with E-state index < -0.39 is 0 Å².